The van der Waals surface area contributed by atoms with Crippen LogP contribution in [0.2, 0.25) is 0 Å². The molecule has 0 saturated heterocycles. The molecule has 2 aromatic rings. The van der Waals surface area contributed by atoms with Crippen LogP contribution in [0.15, 0.2) is 60.7 Å². The highest BCUT2D eigenvalue weighted by Crippen LogP contribution is 2.17. The van der Waals surface area contributed by atoms with Crippen molar-refractivity contribution in [2.24, 2.45) is 0 Å². The zero-order valence-corrected chi connectivity index (χ0v) is 10.3. The van der Waals surface area contributed by atoms with Crippen LogP contribution >= 0.6 is 0 Å². The van der Waals surface area contributed by atoms with Crippen molar-refractivity contribution in [1.29, 1.82) is 10.5 Å². The van der Waals surface area contributed by atoms with E-state index >= 15 is 0 Å². The van der Waals surface area contributed by atoms with Crippen molar-refractivity contribution in [3.63, 3.8) is 0 Å². The van der Waals surface area contributed by atoms with Gasteiger partial charge in [-0.1, -0.05) is 36.4 Å². The predicted octanol–water partition coefficient (Wildman–Crippen LogP) is 2.92. The largest absolute Gasteiger partial charge is 0.259 e. The van der Waals surface area contributed by atoms with E-state index in [0.717, 1.165) is 11.4 Å². The number of hydrogen-bond acceptors (Lipinski definition) is 4. The van der Waals surface area contributed by atoms with Crippen molar-refractivity contribution in [1.82, 2.24) is 0 Å². The predicted molar refractivity (Wildman–Crippen MR) is 73.9 cm³/mol. The highest BCUT2D eigenvalue weighted by atomic mass is 15.3. The molecule has 0 aliphatic heterocycles. The lowest BCUT2D eigenvalue weighted by Crippen LogP contribution is -2.32. The van der Waals surface area contributed by atoms with Crippen molar-refractivity contribution >= 4 is 11.4 Å². The van der Waals surface area contributed by atoms with Crippen molar-refractivity contribution in [2.45, 2.75) is 0 Å². The Labute approximate surface area is 112 Å². The third kappa shape index (κ3) is 3.02. The van der Waals surface area contributed by atoms with Crippen molar-refractivity contribution in [2.75, 3.05) is 16.5 Å². The molecule has 0 bridgehead atoms. The van der Waals surface area contributed by atoms with Crippen LogP contribution in [0.5, 0.6) is 0 Å². The van der Waals surface area contributed by atoms with Gasteiger partial charge >= 0.3 is 0 Å². The lowest BCUT2D eigenvalue weighted by Gasteiger charge is -2.22. The van der Waals surface area contributed by atoms with E-state index in [1.54, 1.807) is 0 Å². The van der Waals surface area contributed by atoms with Gasteiger partial charge in [-0.25, -0.2) is 0 Å². The average Bonchev–Trinajstić information content (AvgIpc) is 2.50. The minimum Gasteiger partial charge on any atom is -0.259 e. The number of para-hydroxylation sites is 2. The molecule has 0 saturated carbocycles. The van der Waals surface area contributed by atoms with Gasteiger partial charge < -0.3 is 0 Å². The molecule has 0 N–H and O–H groups in total. The van der Waals surface area contributed by atoms with Gasteiger partial charge in [-0.3, -0.25) is 9.80 Å². The molecule has 0 amide bonds. The minimum absolute atomic E-state index is 0.195. The number of rotatable bonds is 4. The topological polar surface area (TPSA) is 54.1 Å². The molecule has 4 nitrogen and oxygen atoms in total. The van der Waals surface area contributed by atoms with E-state index in [9.17, 15) is 10.5 Å². The maximum absolute atomic E-state index is 9.21. The Morgan fingerprint density at radius 3 is 1.37 bits per heavy atom. The molecule has 0 spiro atoms. The highest BCUT2D eigenvalue weighted by Gasteiger charge is 2.11. The number of anilines is 2. The number of hydrogen-bond donors (Lipinski definition) is 0. The third-order valence-electron chi connectivity index (χ3n) is 2.66. The molecule has 0 aliphatic rings. The number of nitriles is 2. The maximum Gasteiger partial charge on any atom is 0.185 e. The fourth-order valence-corrected chi connectivity index (χ4v) is 1.70. The summed E-state index contributed by atoms with van der Waals surface area (Å²) in [5, 5.41) is 18.4. The molecular formula is C15H12N4. The summed E-state index contributed by atoms with van der Waals surface area (Å²) in [5.41, 5.74) is 1.53. The second-order valence-electron chi connectivity index (χ2n) is 3.87. The summed E-state index contributed by atoms with van der Waals surface area (Å²) >= 11 is 0. The summed E-state index contributed by atoms with van der Waals surface area (Å²) in [5.74, 6) is 0. The Balaban J connectivity index is 2.19. The van der Waals surface area contributed by atoms with Crippen molar-refractivity contribution < 1.29 is 0 Å². The molecule has 2 aromatic carbocycles. The van der Waals surface area contributed by atoms with Gasteiger partial charge in [-0.05, 0) is 24.3 Å². The van der Waals surface area contributed by atoms with Gasteiger partial charge in [-0.15, -0.1) is 0 Å². The Bertz CT molecular complexity index is 540. The Kier molecular flexibility index (Phi) is 4.00. The summed E-state index contributed by atoms with van der Waals surface area (Å²) in [7, 11) is 0. The molecule has 0 aromatic heterocycles. The summed E-state index contributed by atoms with van der Waals surface area (Å²) in [6, 6.07) is 18.6. The van der Waals surface area contributed by atoms with E-state index < -0.39 is 0 Å². The van der Waals surface area contributed by atoms with Gasteiger partial charge in [0.1, 0.15) is 6.67 Å². The van der Waals surface area contributed by atoms with Crippen LogP contribution in [0.4, 0.5) is 11.4 Å². The molecule has 0 fully saturated rings. The molecule has 19 heavy (non-hydrogen) atoms. The van der Waals surface area contributed by atoms with Crippen LogP contribution in [0, 0.1) is 22.9 Å². The SMILES string of the molecule is N#CN(CN(C#N)c1ccccc1)c1ccccc1. The second-order valence-corrected chi connectivity index (χ2v) is 3.87. The normalized spacial score (nSPS) is 9.16. The van der Waals surface area contributed by atoms with Crippen LogP contribution in [-0.2, 0) is 0 Å². The van der Waals surface area contributed by atoms with Crippen LogP contribution in [-0.4, -0.2) is 6.67 Å². The Morgan fingerprint density at radius 2 is 1.05 bits per heavy atom. The fraction of sp³-hybridized carbons (Fsp3) is 0.0667. The standard InChI is InChI=1S/C15H12N4/c16-11-18(14-7-3-1-4-8-14)13-19(12-17)15-9-5-2-6-10-15/h1-10H,13H2. The average molecular weight is 248 g/mol. The van der Waals surface area contributed by atoms with Crippen molar-refractivity contribution in [3.8, 4) is 12.4 Å². The lowest BCUT2D eigenvalue weighted by molar-refractivity contribution is 0.929. The number of nitrogens with zero attached hydrogens (tertiary/aromatic N) is 4. The van der Waals surface area contributed by atoms with Gasteiger partial charge in [0.25, 0.3) is 0 Å². The number of benzene rings is 2. The zero-order valence-electron chi connectivity index (χ0n) is 10.3. The van der Waals surface area contributed by atoms with E-state index in [0.29, 0.717) is 0 Å². The molecule has 0 unspecified atom stereocenters. The van der Waals surface area contributed by atoms with E-state index in [4.69, 9.17) is 0 Å². The molecule has 2 rings (SSSR count). The zero-order chi connectivity index (χ0) is 13.5. The summed E-state index contributed by atoms with van der Waals surface area (Å²) < 4.78 is 0. The molecule has 4 heteroatoms. The quantitative estimate of drug-likeness (QED) is 0.474. The third-order valence-corrected chi connectivity index (χ3v) is 2.66. The van der Waals surface area contributed by atoms with Crippen LogP contribution < -0.4 is 9.80 Å². The molecule has 0 aliphatic carbocycles. The van der Waals surface area contributed by atoms with Crippen LogP contribution in [0.3, 0.4) is 0 Å². The van der Waals surface area contributed by atoms with Gasteiger partial charge in [0.05, 0.1) is 11.4 Å². The van der Waals surface area contributed by atoms with E-state index in [2.05, 4.69) is 12.4 Å². The molecule has 0 heterocycles. The Hall–Kier alpha value is -2.98. The summed E-state index contributed by atoms with van der Waals surface area (Å²) in [4.78, 5) is 2.94. The van der Waals surface area contributed by atoms with Crippen LogP contribution in [0.1, 0.15) is 0 Å². The summed E-state index contributed by atoms with van der Waals surface area (Å²) in [6.45, 7) is 0.195. The second kappa shape index (κ2) is 6.09. The highest BCUT2D eigenvalue weighted by molar-refractivity contribution is 5.56. The smallest absolute Gasteiger partial charge is 0.185 e. The maximum atomic E-state index is 9.21. The first-order valence-electron chi connectivity index (χ1n) is 5.80. The monoisotopic (exact) mass is 248 g/mol. The van der Waals surface area contributed by atoms with Gasteiger partial charge in [-0.2, -0.15) is 10.5 Å². The van der Waals surface area contributed by atoms with Gasteiger partial charge in [0.15, 0.2) is 12.4 Å². The van der Waals surface area contributed by atoms with Crippen molar-refractivity contribution in [3.05, 3.63) is 60.7 Å². The van der Waals surface area contributed by atoms with Gasteiger partial charge in [0.2, 0.25) is 0 Å². The summed E-state index contributed by atoms with van der Waals surface area (Å²) in [6.07, 6.45) is 4.19. The molecule has 0 radical (unpaired) electrons. The molecule has 92 valence electrons. The lowest BCUT2D eigenvalue weighted by atomic mass is 10.3. The fourth-order valence-electron chi connectivity index (χ4n) is 1.70. The van der Waals surface area contributed by atoms with E-state index in [1.165, 1.54) is 9.80 Å². The first-order valence-corrected chi connectivity index (χ1v) is 5.80. The molecule has 0 atom stereocenters. The van der Waals surface area contributed by atoms with Gasteiger partial charge in [0, 0.05) is 0 Å². The first-order chi connectivity index (χ1) is 9.35. The first kappa shape index (κ1) is 12.5. The molecular weight excluding hydrogens is 236 g/mol. The minimum atomic E-state index is 0.195. The van der Waals surface area contributed by atoms with Crippen LogP contribution in [0.25, 0.3) is 0 Å². The van der Waals surface area contributed by atoms with E-state index in [1.807, 2.05) is 60.7 Å². The van der Waals surface area contributed by atoms with E-state index in [-0.39, 0.29) is 6.67 Å². The Morgan fingerprint density at radius 1 is 0.684 bits per heavy atom.